The minimum Gasteiger partial charge on any atom is -0.219 e. The molecule has 2 nitrogen and oxygen atoms in total. The van der Waals surface area contributed by atoms with Crippen LogP contribution in [0.2, 0.25) is 0 Å². The molecule has 0 amide bonds. The minimum absolute atomic E-state index is 0.377. The highest BCUT2D eigenvalue weighted by Gasteiger charge is 2.26. The molecule has 0 saturated carbocycles. The Morgan fingerprint density at radius 1 is 1.09 bits per heavy atom. The molecular weight excluding hydrogens is 407 g/mol. The number of halogens is 1. The third-order valence-electron chi connectivity index (χ3n) is 4.01. The molecule has 0 radical (unpaired) electrons. The monoisotopic (exact) mass is 424 g/mol. The van der Waals surface area contributed by atoms with Gasteiger partial charge >= 0.3 is 0 Å². The maximum absolute atomic E-state index is 13.0. The van der Waals surface area contributed by atoms with Gasteiger partial charge in [0.15, 0.2) is 0 Å². The Morgan fingerprint density at radius 2 is 1.82 bits per heavy atom. The summed E-state index contributed by atoms with van der Waals surface area (Å²) in [6.45, 7) is 2.06. The average Bonchev–Trinajstić information content (AvgIpc) is 2.54. The smallest absolute Gasteiger partial charge is 0.206 e. The van der Waals surface area contributed by atoms with Crippen molar-refractivity contribution < 1.29 is 8.42 Å². The van der Waals surface area contributed by atoms with E-state index in [-0.39, 0.29) is 0 Å². The van der Waals surface area contributed by atoms with Crippen LogP contribution in [-0.4, -0.2) is 8.42 Å². The second-order valence-corrected chi connectivity index (χ2v) is 8.57. The van der Waals surface area contributed by atoms with E-state index in [0.29, 0.717) is 9.80 Å². The Bertz CT molecular complexity index is 834. The molecular formula is C18H17IO2S. The average molecular weight is 424 g/mol. The molecule has 0 aliphatic heterocycles. The first-order valence-electron chi connectivity index (χ1n) is 7.35. The van der Waals surface area contributed by atoms with E-state index in [2.05, 4.69) is 35.6 Å². The first-order valence-corrected chi connectivity index (χ1v) is 9.91. The summed E-state index contributed by atoms with van der Waals surface area (Å²) in [6.07, 6.45) is 4.44. The van der Waals surface area contributed by atoms with Crippen LogP contribution in [0.15, 0.2) is 53.4 Å². The van der Waals surface area contributed by atoms with Gasteiger partial charge in [-0.1, -0.05) is 31.2 Å². The number of hydrogen-bond donors (Lipinski definition) is 0. The van der Waals surface area contributed by atoms with Gasteiger partial charge in [-0.3, -0.25) is 0 Å². The number of hydrogen-bond acceptors (Lipinski definition) is 2. The van der Waals surface area contributed by atoms with Crippen LogP contribution in [0, 0.1) is 3.57 Å². The van der Waals surface area contributed by atoms with Gasteiger partial charge in [-0.2, -0.15) is 0 Å². The lowest BCUT2D eigenvalue weighted by Crippen LogP contribution is -2.10. The van der Waals surface area contributed by atoms with Crippen molar-refractivity contribution >= 4 is 37.3 Å². The molecule has 1 aliphatic rings. The van der Waals surface area contributed by atoms with Crippen molar-refractivity contribution in [3.8, 4) is 0 Å². The molecule has 22 heavy (non-hydrogen) atoms. The Balaban J connectivity index is 2.08. The van der Waals surface area contributed by atoms with Gasteiger partial charge < -0.3 is 0 Å². The first kappa shape index (κ1) is 15.7. The predicted octanol–water partition coefficient (Wildman–Crippen LogP) is 4.61. The molecule has 1 aliphatic carbocycles. The van der Waals surface area contributed by atoms with Gasteiger partial charge in [-0.05, 0) is 82.8 Å². The SMILES string of the molecule is CCc1ccc(S(=O)(=O)C2=CCCc3cc(I)ccc32)cc1. The van der Waals surface area contributed by atoms with Crippen molar-refractivity contribution in [2.45, 2.75) is 31.1 Å². The summed E-state index contributed by atoms with van der Waals surface area (Å²) in [5, 5.41) is 0. The molecule has 0 spiro atoms. The van der Waals surface area contributed by atoms with Crippen molar-refractivity contribution in [1.29, 1.82) is 0 Å². The molecule has 0 N–H and O–H groups in total. The summed E-state index contributed by atoms with van der Waals surface area (Å²) in [6, 6.07) is 13.2. The highest BCUT2D eigenvalue weighted by molar-refractivity contribution is 14.1. The standard InChI is InChI=1S/C18H17IO2S/c1-2-13-6-9-16(10-7-13)22(20,21)18-5-3-4-14-12-15(19)8-11-17(14)18/h5-12H,2-4H2,1H3. The normalized spacial score (nSPS) is 14.4. The maximum Gasteiger partial charge on any atom is 0.206 e. The van der Waals surface area contributed by atoms with E-state index in [9.17, 15) is 8.42 Å². The maximum atomic E-state index is 13.0. The molecule has 0 saturated heterocycles. The summed E-state index contributed by atoms with van der Waals surface area (Å²) in [5.74, 6) is 0. The van der Waals surface area contributed by atoms with Gasteiger partial charge in [0.25, 0.3) is 0 Å². The van der Waals surface area contributed by atoms with E-state index in [4.69, 9.17) is 0 Å². The largest absolute Gasteiger partial charge is 0.219 e. The van der Waals surface area contributed by atoms with Crippen molar-refractivity contribution in [2.75, 3.05) is 0 Å². The fourth-order valence-corrected chi connectivity index (χ4v) is 4.89. The Hall–Kier alpha value is -1.14. The van der Waals surface area contributed by atoms with Crippen LogP contribution in [-0.2, 0) is 22.7 Å². The molecule has 0 heterocycles. The Kier molecular flexibility index (Phi) is 4.41. The molecule has 0 atom stereocenters. The topological polar surface area (TPSA) is 34.1 Å². The van der Waals surface area contributed by atoms with Crippen molar-refractivity contribution in [3.05, 3.63) is 68.8 Å². The van der Waals surface area contributed by atoms with Crippen LogP contribution >= 0.6 is 22.6 Å². The second kappa shape index (κ2) is 6.16. The highest BCUT2D eigenvalue weighted by atomic mass is 127. The highest BCUT2D eigenvalue weighted by Crippen LogP contribution is 2.35. The molecule has 4 heteroatoms. The first-order chi connectivity index (χ1) is 10.5. The fraction of sp³-hybridized carbons (Fsp3) is 0.222. The van der Waals surface area contributed by atoms with E-state index >= 15 is 0 Å². The van der Waals surface area contributed by atoms with Gasteiger partial charge in [-0.25, -0.2) is 8.42 Å². The minimum atomic E-state index is -3.45. The molecule has 0 unspecified atom stereocenters. The fourth-order valence-electron chi connectivity index (χ4n) is 2.76. The van der Waals surface area contributed by atoms with E-state index in [1.165, 1.54) is 0 Å². The van der Waals surface area contributed by atoms with Crippen LogP contribution in [0.3, 0.4) is 0 Å². The van der Waals surface area contributed by atoms with Crippen molar-refractivity contribution in [2.24, 2.45) is 0 Å². The van der Waals surface area contributed by atoms with Gasteiger partial charge in [0.2, 0.25) is 9.84 Å². The molecule has 0 aromatic heterocycles. The Morgan fingerprint density at radius 3 is 2.50 bits per heavy atom. The van der Waals surface area contributed by atoms with Gasteiger partial charge in [0.05, 0.1) is 9.80 Å². The summed E-state index contributed by atoms with van der Waals surface area (Å²) in [4.78, 5) is 0.830. The number of benzene rings is 2. The van der Waals surface area contributed by atoms with E-state index < -0.39 is 9.84 Å². The number of fused-ring (bicyclic) bond motifs is 1. The van der Waals surface area contributed by atoms with E-state index in [0.717, 1.165) is 39.5 Å². The van der Waals surface area contributed by atoms with Crippen LogP contribution in [0.4, 0.5) is 0 Å². The predicted molar refractivity (Wildman–Crippen MR) is 98.5 cm³/mol. The lowest BCUT2D eigenvalue weighted by atomic mass is 9.97. The van der Waals surface area contributed by atoms with Crippen LogP contribution < -0.4 is 0 Å². The third-order valence-corrected chi connectivity index (χ3v) is 6.54. The molecule has 114 valence electrons. The van der Waals surface area contributed by atoms with Crippen LogP contribution in [0.1, 0.15) is 30.0 Å². The number of rotatable bonds is 3. The third kappa shape index (κ3) is 2.86. The zero-order valence-corrected chi connectivity index (χ0v) is 15.3. The van der Waals surface area contributed by atoms with Crippen molar-refractivity contribution in [3.63, 3.8) is 0 Å². The lowest BCUT2D eigenvalue weighted by Gasteiger charge is -2.18. The lowest BCUT2D eigenvalue weighted by molar-refractivity contribution is 0.605. The van der Waals surface area contributed by atoms with Gasteiger partial charge in [-0.15, -0.1) is 0 Å². The van der Waals surface area contributed by atoms with Crippen LogP contribution in [0.25, 0.3) is 4.91 Å². The van der Waals surface area contributed by atoms with Crippen LogP contribution in [0.5, 0.6) is 0 Å². The number of sulfone groups is 1. The number of aryl methyl sites for hydroxylation is 2. The van der Waals surface area contributed by atoms with Gasteiger partial charge in [0.1, 0.15) is 0 Å². The zero-order chi connectivity index (χ0) is 15.7. The summed E-state index contributed by atoms with van der Waals surface area (Å²) in [7, 11) is -3.45. The Labute approximate surface area is 145 Å². The van der Waals surface area contributed by atoms with Crippen molar-refractivity contribution in [1.82, 2.24) is 0 Å². The summed E-state index contributed by atoms with van der Waals surface area (Å²) >= 11 is 2.26. The molecule has 0 fully saturated rings. The summed E-state index contributed by atoms with van der Waals surface area (Å²) in [5.41, 5.74) is 3.12. The zero-order valence-electron chi connectivity index (χ0n) is 12.3. The molecule has 2 aromatic rings. The molecule has 2 aromatic carbocycles. The summed E-state index contributed by atoms with van der Waals surface area (Å²) < 4.78 is 27.1. The number of allylic oxidation sites excluding steroid dienone is 1. The van der Waals surface area contributed by atoms with E-state index in [1.54, 1.807) is 12.1 Å². The van der Waals surface area contributed by atoms with Gasteiger partial charge in [0, 0.05) is 3.57 Å². The van der Waals surface area contributed by atoms with E-state index in [1.807, 2.05) is 30.3 Å². The quantitative estimate of drug-likeness (QED) is 0.675. The molecule has 3 rings (SSSR count). The second-order valence-electron chi connectivity index (χ2n) is 5.41. The molecule has 0 bridgehead atoms.